The Hall–Kier alpha value is -2.09. The maximum Gasteiger partial charge on any atom is 0.166 e. The second kappa shape index (κ2) is 5.36. The van der Waals surface area contributed by atoms with E-state index < -0.39 is 0 Å². The summed E-state index contributed by atoms with van der Waals surface area (Å²) in [6.45, 7) is 4.04. The molecule has 2 aromatic rings. The summed E-state index contributed by atoms with van der Waals surface area (Å²) in [5.41, 5.74) is 4.30. The average molecular weight is 280 g/mol. The van der Waals surface area contributed by atoms with Gasteiger partial charge in [0, 0.05) is 11.5 Å². The zero-order valence-corrected chi connectivity index (χ0v) is 12.7. The number of methoxy groups -OCH3 is 1. The molecule has 2 aromatic carbocycles. The first-order valence-corrected chi connectivity index (χ1v) is 7.35. The predicted molar refractivity (Wildman–Crippen MR) is 84.1 cm³/mol. The van der Waals surface area contributed by atoms with Gasteiger partial charge in [-0.25, -0.2) is 0 Å². The van der Waals surface area contributed by atoms with E-state index in [9.17, 15) is 4.79 Å². The summed E-state index contributed by atoms with van der Waals surface area (Å²) in [6, 6.07) is 14.2. The van der Waals surface area contributed by atoms with Crippen LogP contribution in [0.15, 0.2) is 42.5 Å². The van der Waals surface area contributed by atoms with Crippen LogP contribution in [0.25, 0.3) is 0 Å². The van der Waals surface area contributed by atoms with Crippen LogP contribution in [-0.2, 0) is 0 Å². The lowest BCUT2D eigenvalue weighted by Gasteiger charge is -2.07. The molecule has 108 valence electrons. The van der Waals surface area contributed by atoms with E-state index in [1.807, 2.05) is 44.2 Å². The molecule has 0 N–H and O–H groups in total. The van der Waals surface area contributed by atoms with Gasteiger partial charge in [0.2, 0.25) is 0 Å². The van der Waals surface area contributed by atoms with Crippen molar-refractivity contribution < 1.29 is 9.53 Å². The molecule has 1 fully saturated rings. The highest BCUT2D eigenvalue weighted by atomic mass is 16.5. The quantitative estimate of drug-likeness (QED) is 0.781. The Balaban J connectivity index is 1.81. The second-order valence-electron chi connectivity index (χ2n) is 5.91. The number of ether oxygens (including phenoxy) is 1. The van der Waals surface area contributed by atoms with Crippen molar-refractivity contribution in [1.29, 1.82) is 0 Å². The highest BCUT2D eigenvalue weighted by molar-refractivity contribution is 6.01. The molecule has 2 atom stereocenters. The Morgan fingerprint density at radius 3 is 2.71 bits per heavy atom. The number of rotatable bonds is 4. The molecule has 0 amide bonds. The third-order valence-electron chi connectivity index (χ3n) is 4.31. The van der Waals surface area contributed by atoms with Crippen LogP contribution in [-0.4, -0.2) is 12.9 Å². The summed E-state index contributed by atoms with van der Waals surface area (Å²) < 4.78 is 5.26. The third kappa shape index (κ3) is 2.71. The number of aryl methyl sites for hydroxylation is 2. The molecule has 1 aliphatic carbocycles. The molecule has 2 heteroatoms. The highest BCUT2D eigenvalue weighted by Crippen LogP contribution is 2.49. The van der Waals surface area contributed by atoms with Crippen LogP contribution in [0.5, 0.6) is 5.75 Å². The molecule has 2 nitrogen and oxygen atoms in total. The van der Waals surface area contributed by atoms with Gasteiger partial charge < -0.3 is 4.74 Å². The number of hydrogen-bond acceptors (Lipinski definition) is 2. The molecule has 21 heavy (non-hydrogen) atoms. The monoisotopic (exact) mass is 280 g/mol. The van der Waals surface area contributed by atoms with Gasteiger partial charge in [-0.05, 0) is 55.5 Å². The number of ketones is 1. The number of hydrogen-bond donors (Lipinski definition) is 0. The number of benzene rings is 2. The van der Waals surface area contributed by atoms with Crippen molar-refractivity contribution in [3.05, 3.63) is 64.7 Å². The van der Waals surface area contributed by atoms with Crippen molar-refractivity contribution >= 4 is 5.78 Å². The molecule has 0 aromatic heterocycles. The smallest absolute Gasteiger partial charge is 0.166 e. The maximum absolute atomic E-state index is 12.7. The molecule has 1 saturated carbocycles. The minimum absolute atomic E-state index is 0.123. The van der Waals surface area contributed by atoms with Crippen molar-refractivity contribution in [3.8, 4) is 5.75 Å². The van der Waals surface area contributed by atoms with Gasteiger partial charge in [0.1, 0.15) is 5.75 Å². The summed E-state index contributed by atoms with van der Waals surface area (Å²) in [6.07, 6.45) is 0.944. The van der Waals surface area contributed by atoms with Crippen molar-refractivity contribution in [2.24, 2.45) is 5.92 Å². The fourth-order valence-electron chi connectivity index (χ4n) is 2.93. The fraction of sp³-hybridized carbons (Fsp3) is 0.316. The third-order valence-corrected chi connectivity index (χ3v) is 4.31. The van der Waals surface area contributed by atoms with Crippen LogP contribution in [0.2, 0.25) is 0 Å². The molecule has 0 spiro atoms. The highest BCUT2D eigenvalue weighted by Gasteiger charge is 2.44. The van der Waals surface area contributed by atoms with Crippen molar-refractivity contribution in [1.82, 2.24) is 0 Å². The van der Waals surface area contributed by atoms with Gasteiger partial charge in [0.05, 0.1) is 7.11 Å². The summed E-state index contributed by atoms with van der Waals surface area (Å²) >= 11 is 0. The summed E-state index contributed by atoms with van der Waals surface area (Å²) in [5, 5.41) is 0. The number of Topliss-reactive ketones (excluding diaryl/α,β-unsaturated/α-hetero) is 1. The van der Waals surface area contributed by atoms with Crippen LogP contribution in [0.1, 0.15) is 39.4 Å². The SMILES string of the molecule is COc1cccc(C2CC2C(=O)c2cc(C)ccc2C)c1. The van der Waals surface area contributed by atoms with Gasteiger partial charge in [-0.1, -0.05) is 29.8 Å². The van der Waals surface area contributed by atoms with E-state index in [1.54, 1.807) is 7.11 Å². The van der Waals surface area contributed by atoms with E-state index in [0.29, 0.717) is 5.92 Å². The lowest BCUT2D eigenvalue weighted by atomic mass is 9.97. The van der Waals surface area contributed by atoms with Crippen LogP contribution in [0, 0.1) is 19.8 Å². The number of carbonyl (C=O) groups is 1. The van der Waals surface area contributed by atoms with Gasteiger partial charge in [-0.15, -0.1) is 0 Å². The Labute approximate surface area is 125 Å². The molecule has 0 saturated heterocycles. The Kier molecular flexibility index (Phi) is 3.54. The van der Waals surface area contributed by atoms with Crippen LogP contribution in [0.4, 0.5) is 0 Å². The largest absolute Gasteiger partial charge is 0.497 e. The Morgan fingerprint density at radius 1 is 1.14 bits per heavy atom. The fourth-order valence-corrected chi connectivity index (χ4v) is 2.93. The second-order valence-corrected chi connectivity index (χ2v) is 5.91. The van der Waals surface area contributed by atoms with Crippen molar-refractivity contribution in [2.75, 3.05) is 7.11 Å². The summed E-state index contributed by atoms with van der Waals surface area (Å²) in [4.78, 5) is 12.7. The van der Waals surface area contributed by atoms with Crippen LogP contribution >= 0.6 is 0 Å². The first-order valence-electron chi connectivity index (χ1n) is 7.35. The van der Waals surface area contributed by atoms with E-state index in [-0.39, 0.29) is 11.7 Å². The minimum atomic E-state index is 0.123. The maximum atomic E-state index is 12.7. The molecule has 0 radical (unpaired) electrons. The first kappa shape index (κ1) is 13.9. The molecule has 3 rings (SSSR count). The lowest BCUT2D eigenvalue weighted by molar-refractivity contribution is 0.0964. The molecule has 0 aliphatic heterocycles. The summed E-state index contributed by atoms with van der Waals surface area (Å²) in [7, 11) is 1.67. The van der Waals surface area contributed by atoms with Crippen LogP contribution < -0.4 is 4.74 Å². The molecule has 0 heterocycles. The minimum Gasteiger partial charge on any atom is -0.497 e. The first-order chi connectivity index (χ1) is 10.1. The van der Waals surface area contributed by atoms with Gasteiger partial charge in [-0.2, -0.15) is 0 Å². The zero-order valence-electron chi connectivity index (χ0n) is 12.7. The van der Waals surface area contributed by atoms with E-state index in [4.69, 9.17) is 4.74 Å². The van der Waals surface area contributed by atoms with Gasteiger partial charge in [0.15, 0.2) is 5.78 Å². The Morgan fingerprint density at radius 2 is 1.95 bits per heavy atom. The van der Waals surface area contributed by atoms with E-state index in [0.717, 1.165) is 28.9 Å². The molecular formula is C19H20O2. The van der Waals surface area contributed by atoms with Gasteiger partial charge in [0.25, 0.3) is 0 Å². The summed E-state index contributed by atoms with van der Waals surface area (Å²) in [5.74, 6) is 1.60. The van der Waals surface area contributed by atoms with Gasteiger partial charge >= 0.3 is 0 Å². The molecule has 0 bridgehead atoms. The van der Waals surface area contributed by atoms with E-state index in [2.05, 4.69) is 12.1 Å². The van der Waals surface area contributed by atoms with Crippen molar-refractivity contribution in [2.45, 2.75) is 26.2 Å². The molecule has 1 aliphatic rings. The topological polar surface area (TPSA) is 26.3 Å². The van der Waals surface area contributed by atoms with Crippen LogP contribution in [0.3, 0.4) is 0 Å². The standard InChI is InChI=1S/C19H20O2/c1-12-7-8-13(2)16(9-12)19(20)18-11-17(18)14-5-4-6-15(10-14)21-3/h4-10,17-18H,11H2,1-3H3. The normalized spacial score (nSPS) is 20.1. The lowest BCUT2D eigenvalue weighted by Crippen LogP contribution is -2.06. The predicted octanol–water partition coefficient (Wildman–Crippen LogP) is 4.30. The average Bonchev–Trinajstić information content (AvgIpc) is 3.29. The Bertz CT molecular complexity index is 688. The molecule has 2 unspecified atom stereocenters. The van der Waals surface area contributed by atoms with Gasteiger partial charge in [-0.3, -0.25) is 4.79 Å². The van der Waals surface area contributed by atoms with Crippen molar-refractivity contribution in [3.63, 3.8) is 0 Å². The number of carbonyl (C=O) groups excluding carboxylic acids is 1. The zero-order chi connectivity index (χ0) is 15.0. The molecular weight excluding hydrogens is 260 g/mol. The van der Waals surface area contributed by atoms with E-state index in [1.165, 1.54) is 5.56 Å². The van der Waals surface area contributed by atoms with E-state index >= 15 is 0 Å².